The Morgan fingerprint density at radius 1 is 1.24 bits per heavy atom. The van der Waals surface area contributed by atoms with Crippen molar-refractivity contribution in [3.05, 3.63) is 47.3 Å². The van der Waals surface area contributed by atoms with E-state index in [1.165, 1.54) is 5.56 Å². The molecule has 1 aromatic carbocycles. The lowest BCUT2D eigenvalue weighted by atomic mass is 10.0. The van der Waals surface area contributed by atoms with Crippen LogP contribution in [0.3, 0.4) is 0 Å². The van der Waals surface area contributed by atoms with Gasteiger partial charge in [-0.15, -0.1) is 0 Å². The molecule has 0 bridgehead atoms. The molecule has 21 heavy (non-hydrogen) atoms. The average Bonchev–Trinajstić information content (AvgIpc) is 2.75. The van der Waals surface area contributed by atoms with Gasteiger partial charge in [0.2, 0.25) is 5.91 Å². The summed E-state index contributed by atoms with van der Waals surface area (Å²) >= 11 is 0. The summed E-state index contributed by atoms with van der Waals surface area (Å²) in [7, 11) is 0. The Kier molecular flexibility index (Phi) is 4.78. The van der Waals surface area contributed by atoms with Gasteiger partial charge >= 0.3 is 0 Å². The number of amides is 1. The predicted octanol–water partition coefficient (Wildman–Crippen LogP) is 3.65. The highest BCUT2D eigenvalue weighted by molar-refractivity contribution is 5.90. The molecule has 0 aliphatic rings. The molecule has 0 saturated heterocycles. The minimum absolute atomic E-state index is 0.0138. The van der Waals surface area contributed by atoms with Gasteiger partial charge in [0.15, 0.2) is 0 Å². The molecule has 4 nitrogen and oxygen atoms in total. The monoisotopic (exact) mass is 285 g/mol. The Bertz CT molecular complexity index is 611. The maximum Gasteiger partial charge on any atom is 0.226 e. The minimum atomic E-state index is 0.0138. The number of nitrogens with zero attached hydrogens (tertiary/aromatic N) is 2. The minimum Gasteiger partial charge on any atom is -0.326 e. The zero-order chi connectivity index (χ0) is 15.4. The number of aryl methyl sites for hydroxylation is 3. The molecule has 0 aliphatic heterocycles. The number of rotatable bonds is 5. The predicted molar refractivity (Wildman–Crippen MR) is 85.5 cm³/mol. The van der Waals surface area contributed by atoms with E-state index >= 15 is 0 Å². The summed E-state index contributed by atoms with van der Waals surface area (Å²) in [6, 6.07) is 10.0. The van der Waals surface area contributed by atoms with Crippen LogP contribution in [0.15, 0.2) is 30.3 Å². The third-order valence-electron chi connectivity index (χ3n) is 3.52. The lowest BCUT2D eigenvalue weighted by Crippen LogP contribution is -2.15. The molecule has 0 atom stereocenters. The summed E-state index contributed by atoms with van der Waals surface area (Å²) in [5, 5.41) is 7.28. The zero-order valence-electron chi connectivity index (χ0n) is 13.2. The number of hydrogen-bond acceptors (Lipinski definition) is 2. The number of benzene rings is 1. The smallest absolute Gasteiger partial charge is 0.226 e. The topological polar surface area (TPSA) is 46.9 Å². The molecule has 0 unspecified atom stereocenters. The highest BCUT2D eigenvalue weighted by Crippen LogP contribution is 2.17. The van der Waals surface area contributed by atoms with E-state index in [1.807, 2.05) is 36.7 Å². The van der Waals surface area contributed by atoms with Gasteiger partial charge in [-0.1, -0.05) is 26.0 Å². The van der Waals surface area contributed by atoms with Crippen molar-refractivity contribution in [2.75, 3.05) is 5.32 Å². The van der Waals surface area contributed by atoms with Gasteiger partial charge in [-0.25, -0.2) is 0 Å². The van der Waals surface area contributed by atoms with Crippen LogP contribution in [0.1, 0.15) is 43.1 Å². The van der Waals surface area contributed by atoms with Gasteiger partial charge in [0.1, 0.15) is 0 Å². The van der Waals surface area contributed by atoms with Crippen LogP contribution in [0.5, 0.6) is 0 Å². The van der Waals surface area contributed by atoms with Gasteiger partial charge in [0.25, 0.3) is 0 Å². The standard InChI is InChI=1S/C17H23N3O/c1-12(2)15-5-7-16(8-6-15)18-17(21)9-10-20-14(4)11-13(3)19-20/h5-8,11-12H,9-10H2,1-4H3,(H,18,21). The normalized spacial score (nSPS) is 10.9. The SMILES string of the molecule is Cc1cc(C)n(CCC(=O)Nc2ccc(C(C)C)cc2)n1. The molecular formula is C17H23N3O. The fourth-order valence-corrected chi connectivity index (χ4v) is 2.28. The van der Waals surface area contributed by atoms with Crippen molar-refractivity contribution in [1.82, 2.24) is 9.78 Å². The van der Waals surface area contributed by atoms with E-state index in [1.54, 1.807) is 0 Å². The van der Waals surface area contributed by atoms with E-state index in [0.717, 1.165) is 17.1 Å². The number of aromatic nitrogens is 2. The fourth-order valence-electron chi connectivity index (χ4n) is 2.28. The molecule has 0 saturated carbocycles. The second-order valence-electron chi connectivity index (χ2n) is 5.73. The van der Waals surface area contributed by atoms with E-state index in [9.17, 15) is 4.79 Å². The maximum atomic E-state index is 12.0. The second kappa shape index (κ2) is 6.57. The number of anilines is 1. The fraction of sp³-hybridized carbons (Fsp3) is 0.412. The maximum absolute atomic E-state index is 12.0. The summed E-state index contributed by atoms with van der Waals surface area (Å²) in [4.78, 5) is 12.0. The van der Waals surface area contributed by atoms with Gasteiger partial charge in [-0.3, -0.25) is 9.48 Å². The summed E-state index contributed by atoms with van der Waals surface area (Å²) in [5.74, 6) is 0.514. The Labute approximate surface area is 126 Å². The number of carbonyl (C=O) groups excluding carboxylic acids is 1. The first-order valence-electron chi connectivity index (χ1n) is 7.36. The van der Waals surface area contributed by atoms with Crippen LogP contribution in [0.25, 0.3) is 0 Å². The van der Waals surface area contributed by atoms with Crippen LogP contribution in [0, 0.1) is 13.8 Å². The highest BCUT2D eigenvalue weighted by atomic mass is 16.1. The quantitative estimate of drug-likeness (QED) is 0.911. The first kappa shape index (κ1) is 15.3. The Balaban J connectivity index is 1.88. The lowest BCUT2D eigenvalue weighted by molar-refractivity contribution is -0.116. The average molecular weight is 285 g/mol. The van der Waals surface area contributed by atoms with Gasteiger partial charge in [0.05, 0.1) is 5.69 Å². The van der Waals surface area contributed by atoms with Crippen molar-refractivity contribution in [3.63, 3.8) is 0 Å². The molecule has 2 rings (SSSR count). The molecule has 112 valence electrons. The highest BCUT2D eigenvalue weighted by Gasteiger charge is 2.06. The molecular weight excluding hydrogens is 262 g/mol. The number of carbonyl (C=O) groups is 1. The molecule has 1 amide bonds. The molecule has 1 N–H and O–H groups in total. The number of hydrogen-bond donors (Lipinski definition) is 1. The van der Waals surface area contributed by atoms with Crippen molar-refractivity contribution in [1.29, 1.82) is 0 Å². The van der Waals surface area contributed by atoms with Gasteiger partial charge < -0.3 is 5.32 Å². The van der Waals surface area contributed by atoms with Crippen molar-refractivity contribution < 1.29 is 4.79 Å². The second-order valence-corrected chi connectivity index (χ2v) is 5.73. The number of nitrogens with one attached hydrogen (secondary N) is 1. The van der Waals surface area contributed by atoms with Gasteiger partial charge in [0, 0.05) is 24.3 Å². The van der Waals surface area contributed by atoms with E-state index in [-0.39, 0.29) is 5.91 Å². The summed E-state index contributed by atoms with van der Waals surface area (Å²) in [5.41, 5.74) is 4.19. The third kappa shape index (κ3) is 4.18. The Morgan fingerprint density at radius 2 is 1.90 bits per heavy atom. The molecule has 2 aromatic rings. The largest absolute Gasteiger partial charge is 0.326 e. The zero-order valence-corrected chi connectivity index (χ0v) is 13.2. The summed E-state index contributed by atoms with van der Waals surface area (Å²) in [6.07, 6.45) is 0.424. The van der Waals surface area contributed by atoms with Crippen molar-refractivity contribution >= 4 is 11.6 Å². The van der Waals surface area contributed by atoms with Crippen LogP contribution >= 0.6 is 0 Å². The molecule has 1 aromatic heterocycles. The van der Waals surface area contributed by atoms with Crippen molar-refractivity contribution in [3.8, 4) is 0 Å². The van der Waals surface area contributed by atoms with Crippen LogP contribution in [-0.2, 0) is 11.3 Å². The molecule has 0 aliphatic carbocycles. The van der Waals surface area contributed by atoms with E-state index in [0.29, 0.717) is 18.9 Å². The molecule has 1 heterocycles. The first-order chi connectivity index (χ1) is 9.95. The van der Waals surface area contributed by atoms with Gasteiger partial charge in [-0.2, -0.15) is 5.10 Å². The molecule has 4 heteroatoms. The Morgan fingerprint density at radius 3 is 2.43 bits per heavy atom. The van der Waals surface area contributed by atoms with Gasteiger partial charge in [-0.05, 0) is 43.5 Å². The van der Waals surface area contributed by atoms with Crippen LogP contribution in [-0.4, -0.2) is 15.7 Å². The van der Waals surface area contributed by atoms with E-state index < -0.39 is 0 Å². The van der Waals surface area contributed by atoms with Crippen molar-refractivity contribution in [2.24, 2.45) is 0 Å². The Hall–Kier alpha value is -2.10. The van der Waals surface area contributed by atoms with Crippen LogP contribution in [0.2, 0.25) is 0 Å². The molecule has 0 spiro atoms. The van der Waals surface area contributed by atoms with Crippen molar-refractivity contribution in [2.45, 2.75) is 46.6 Å². The van der Waals surface area contributed by atoms with Crippen LogP contribution in [0.4, 0.5) is 5.69 Å². The van der Waals surface area contributed by atoms with E-state index in [4.69, 9.17) is 0 Å². The van der Waals surface area contributed by atoms with Crippen LogP contribution < -0.4 is 5.32 Å². The summed E-state index contributed by atoms with van der Waals surface area (Å²) < 4.78 is 1.87. The third-order valence-corrected chi connectivity index (χ3v) is 3.52. The molecule has 0 fully saturated rings. The summed E-state index contributed by atoms with van der Waals surface area (Å²) in [6.45, 7) is 8.88. The first-order valence-corrected chi connectivity index (χ1v) is 7.36. The van der Waals surface area contributed by atoms with E-state index in [2.05, 4.69) is 36.4 Å². The lowest BCUT2D eigenvalue weighted by Gasteiger charge is -2.09. The molecule has 0 radical (unpaired) electrons.